The molecule has 0 radical (unpaired) electrons. The van der Waals surface area contributed by atoms with Gasteiger partial charge in [0.15, 0.2) is 20.2 Å². The van der Waals surface area contributed by atoms with E-state index in [9.17, 15) is 0 Å². The number of hydrogen-bond donors (Lipinski definition) is 0. The van der Waals surface area contributed by atoms with Crippen molar-refractivity contribution in [3.8, 4) is 45.5 Å². The summed E-state index contributed by atoms with van der Waals surface area (Å²) in [5.41, 5.74) is 9.99. The molecular formula is C38H26Cl6N6. The average Bonchev–Trinajstić information content (AvgIpc) is 3.72. The predicted molar refractivity (Wildman–Crippen MR) is 210 cm³/mol. The Hall–Kier alpha value is -4.14. The van der Waals surface area contributed by atoms with Crippen LogP contribution in [0.25, 0.3) is 67.6 Å². The average molecular weight is 779 g/mol. The first-order chi connectivity index (χ1) is 24.3. The van der Waals surface area contributed by atoms with Crippen molar-refractivity contribution in [3.63, 3.8) is 0 Å². The number of aromatic nitrogens is 6. The number of rotatable bonds is 5. The highest BCUT2D eigenvalue weighted by atomic mass is 35.6. The van der Waals surface area contributed by atoms with Crippen molar-refractivity contribution in [1.29, 1.82) is 0 Å². The lowest BCUT2D eigenvalue weighted by molar-refractivity contribution is 1.08. The van der Waals surface area contributed by atoms with Gasteiger partial charge in [0.25, 0.3) is 0 Å². The molecule has 0 amide bonds. The second-order valence-electron chi connectivity index (χ2n) is 10.5. The summed E-state index contributed by atoms with van der Waals surface area (Å²) in [5.74, 6) is 1.65. The van der Waals surface area contributed by atoms with E-state index in [1.54, 1.807) is 12.4 Å². The Morgan fingerprint density at radius 1 is 0.400 bits per heavy atom. The fraction of sp³-hybridized carbons (Fsp3) is 0.0526. The van der Waals surface area contributed by atoms with E-state index in [0.717, 1.165) is 67.6 Å². The topological polar surface area (TPSA) is 61.4 Å². The van der Waals surface area contributed by atoms with E-state index in [1.165, 1.54) is 0 Å². The van der Waals surface area contributed by atoms with Gasteiger partial charge in [-0.2, -0.15) is 0 Å². The highest BCUT2D eigenvalue weighted by molar-refractivity contribution is 6.63. The molecule has 12 heteroatoms. The zero-order valence-electron chi connectivity index (χ0n) is 26.0. The minimum Gasteiger partial charge on any atom is -0.291 e. The van der Waals surface area contributed by atoms with Gasteiger partial charge in [-0.25, -0.2) is 9.97 Å². The zero-order valence-corrected chi connectivity index (χ0v) is 30.5. The van der Waals surface area contributed by atoms with Crippen LogP contribution in [0, 0.1) is 0 Å². The summed E-state index contributed by atoms with van der Waals surface area (Å²) in [7, 11) is 0. The predicted octanol–water partition coefficient (Wildman–Crippen LogP) is 12.1. The largest absolute Gasteiger partial charge is 0.291 e. The van der Waals surface area contributed by atoms with E-state index in [0.29, 0.717) is 0 Å². The molecule has 4 aromatic heterocycles. The number of hydrogen-bond acceptors (Lipinski definition) is 4. The molecule has 0 saturated carbocycles. The van der Waals surface area contributed by atoms with Crippen LogP contribution in [0.4, 0.5) is 0 Å². The van der Waals surface area contributed by atoms with Gasteiger partial charge < -0.3 is 0 Å². The standard InChI is InChI=1S/C36H24N6.2CHCl3/c1-3-13-33-29(9-1)39-35(31-11-5-7-23-37-31)41(33)27-19-15-25(16-20-27)26-17-21-28(22-18-26)42-34-14-4-2-10-30(34)40-36(42)32-12-6-8-24-38-32;2*2-1(3)4/h1-24H;2*1H. The maximum absolute atomic E-state index is 4.91. The third kappa shape index (κ3) is 8.41. The van der Waals surface area contributed by atoms with Crippen LogP contribution >= 0.6 is 69.6 Å². The highest BCUT2D eigenvalue weighted by Gasteiger charge is 2.16. The Bertz CT molecular complexity index is 2120. The SMILES string of the molecule is ClC(Cl)Cl.ClC(Cl)Cl.c1ccc(-c2nc3ccccc3n2-c2ccc(-c3ccc(-n4c(-c5ccccn5)nc5ccccc54)cc3)cc2)nc1. The molecule has 4 heterocycles. The van der Waals surface area contributed by atoms with Gasteiger partial charge in [0.2, 0.25) is 0 Å². The number of imidazole rings is 2. The van der Waals surface area contributed by atoms with Crippen molar-refractivity contribution < 1.29 is 0 Å². The fourth-order valence-electron chi connectivity index (χ4n) is 5.51. The second kappa shape index (κ2) is 16.7. The maximum atomic E-state index is 4.91. The molecule has 0 saturated heterocycles. The molecule has 0 unspecified atom stereocenters. The summed E-state index contributed by atoms with van der Waals surface area (Å²) >= 11 is 28.8. The summed E-state index contributed by atoms with van der Waals surface area (Å²) in [6.07, 6.45) is 3.61. The van der Waals surface area contributed by atoms with Gasteiger partial charge in [0.05, 0.1) is 22.1 Å². The van der Waals surface area contributed by atoms with Crippen LogP contribution in [0.15, 0.2) is 146 Å². The van der Waals surface area contributed by atoms with Gasteiger partial charge in [0.1, 0.15) is 11.4 Å². The third-order valence-electron chi connectivity index (χ3n) is 7.49. The second-order valence-corrected chi connectivity index (χ2v) is 14.5. The van der Waals surface area contributed by atoms with Crippen LogP contribution in [-0.2, 0) is 0 Å². The Labute approximate surface area is 318 Å². The number of pyridine rings is 2. The molecule has 0 N–H and O–H groups in total. The van der Waals surface area contributed by atoms with Crippen LogP contribution in [0.3, 0.4) is 0 Å². The molecule has 0 fully saturated rings. The van der Waals surface area contributed by atoms with Gasteiger partial charge in [-0.05, 0) is 83.9 Å². The van der Waals surface area contributed by atoms with Gasteiger partial charge in [-0.3, -0.25) is 19.1 Å². The van der Waals surface area contributed by atoms with Crippen LogP contribution < -0.4 is 0 Å². The van der Waals surface area contributed by atoms with Crippen LogP contribution in [0.2, 0.25) is 0 Å². The normalized spacial score (nSPS) is 11.0. The summed E-state index contributed by atoms with van der Waals surface area (Å²) in [4.78, 5) is 19.0. The van der Waals surface area contributed by atoms with Crippen LogP contribution in [-0.4, -0.2) is 37.7 Å². The summed E-state index contributed by atoms with van der Waals surface area (Å²) in [5, 5.41) is 0. The first kappa shape index (κ1) is 35.7. The monoisotopic (exact) mass is 776 g/mol. The van der Waals surface area contributed by atoms with Crippen molar-refractivity contribution in [2.24, 2.45) is 0 Å². The van der Waals surface area contributed by atoms with Gasteiger partial charge >= 0.3 is 0 Å². The van der Waals surface area contributed by atoms with Crippen LogP contribution in [0.1, 0.15) is 0 Å². The molecule has 0 aliphatic heterocycles. The number of alkyl halides is 6. The van der Waals surface area contributed by atoms with E-state index in [2.05, 4.69) is 79.8 Å². The minimum absolute atomic E-state index is 0.750. The van der Waals surface area contributed by atoms with Crippen molar-refractivity contribution in [3.05, 3.63) is 146 Å². The Morgan fingerprint density at radius 3 is 1.08 bits per heavy atom. The van der Waals surface area contributed by atoms with E-state index < -0.39 is 8.59 Å². The lowest BCUT2D eigenvalue weighted by Crippen LogP contribution is -1.99. The summed E-state index contributed by atoms with van der Waals surface area (Å²) in [6, 6.07) is 45.4. The van der Waals surface area contributed by atoms with Gasteiger partial charge in [0, 0.05) is 23.8 Å². The lowest BCUT2D eigenvalue weighted by Gasteiger charge is -2.12. The quantitative estimate of drug-likeness (QED) is 0.163. The number of fused-ring (bicyclic) bond motifs is 2. The first-order valence-electron chi connectivity index (χ1n) is 15.1. The van der Waals surface area contributed by atoms with Gasteiger partial charge in [-0.1, -0.05) is 130 Å². The zero-order chi connectivity index (χ0) is 35.0. The van der Waals surface area contributed by atoms with E-state index in [4.69, 9.17) is 79.6 Å². The number of para-hydroxylation sites is 4. The lowest BCUT2D eigenvalue weighted by atomic mass is 10.0. The maximum Gasteiger partial charge on any atom is 0.180 e. The molecule has 0 atom stereocenters. The molecule has 0 spiro atoms. The molecule has 50 heavy (non-hydrogen) atoms. The summed E-state index contributed by atoms with van der Waals surface area (Å²) in [6.45, 7) is 0. The Morgan fingerprint density at radius 2 is 0.740 bits per heavy atom. The van der Waals surface area contributed by atoms with Crippen molar-refractivity contribution in [1.82, 2.24) is 29.1 Å². The Kier molecular flexibility index (Phi) is 11.9. The fourth-order valence-corrected chi connectivity index (χ4v) is 5.51. The molecule has 0 aliphatic carbocycles. The molecule has 6 nitrogen and oxygen atoms in total. The minimum atomic E-state index is -0.750. The van der Waals surface area contributed by atoms with Crippen LogP contribution in [0.5, 0.6) is 0 Å². The summed E-state index contributed by atoms with van der Waals surface area (Å²) < 4.78 is 2.85. The third-order valence-corrected chi connectivity index (χ3v) is 7.49. The first-order valence-corrected chi connectivity index (χ1v) is 17.8. The molecule has 8 aromatic rings. The van der Waals surface area contributed by atoms with Crippen molar-refractivity contribution in [2.75, 3.05) is 0 Å². The molecule has 4 aromatic carbocycles. The molecule has 0 aliphatic rings. The highest BCUT2D eigenvalue weighted by Crippen LogP contribution is 2.31. The van der Waals surface area contributed by atoms with Crippen molar-refractivity contribution >= 4 is 91.7 Å². The number of nitrogens with zero attached hydrogens (tertiary/aromatic N) is 6. The molecule has 8 rings (SSSR count). The van der Waals surface area contributed by atoms with E-state index >= 15 is 0 Å². The van der Waals surface area contributed by atoms with Crippen molar-refractivity contribution in [2.45, 2.75) is 8.59 Å². The van der Waals surface area contributed by atoms with E-state index in [1.807, 2.05) is 72.8 Å². The molecular weight excluding hydrogens is 753 g/mol. The Balaban J connectivity index is 0.000000491. The number of benzene rings is 4. The smallest absolute Gasteiger partial charge is 0.180 e. The van der Waals surface area contributed by atoms with Gasteiger partial charge in [-0.15, -0.1) is 0 Å². The number of halogens is 6. The van der Waals surface area contributed by atoms with E-state index in [-0.39, 0.29) is 0 Å². The molecule has 0 bridgehead atoms. The molecule has 250 valence electrons.